The molecule has 0 aliphatic heterocycles. The molecule has 7 nitrogen and oxygen atoms in total. The molecule has 3 heterocycles. The van der Waals surface area contributed by atoms with Crippen molar-refractivity contribution < 1.29 is 19.1 Å². The van der Waals surface area contributed by atoms with Crippen molar-refractivity contribution in [3.05, 3.63) is 63.1 Å². The van der Waals surface area contributed by atoms with E-state index in [0.717, 1.165) is 21.8 Å². The lowest BCUT2D eigenvalue weighted by Crippen LogP contribution is -2.08. The van der Waals surface area contributed by atoms with Crippen molar-refractivity contribution in [3.63, 3.8) is 0 Å². The molecule has 4 rings (SSSR count). The number of H-pyrrole nitrogens is 1. The fourth-order valence-corrected chi connectivity index (χ4v) is 4.86. The Balaban J connectivity index is 1.67. The van der Waals surface area contributed by atoms with E-state index in [-0.39, 0.29) is 11.3 Å². The molecule has 0 atom stereocenters. The molecule has 0 spiro atoms. The number of rotatable bonds is 6. The van der Waals surface area contributed by atoms with Gasteiger partial charge in [-0.05, 0) is 36.8 Å². The summed E-state index contributed by atoms with van der Waals surface area (Å²) in [5.74, 6) is 0.337. The van der Waals surface area contributed by atoms with Crippen molar-refractivity contribution >= 4 is 39.3 Å². The zero-order chi connectivity index (χ0) is 20.5. The third kappa shape index (κ3) is 3.79. The summed E-state index contributed by atoms with van der Waals surface area (Å²) in [5.41, 5.74) is 1.54. The van der Waals surface area contributed by atoms with Crippen LogP contribution in [0.4, 0.5) is 0 Å². The highest BCUT2D eigenvalue weighted by molar-refractivity contribution is 7.98. The maximum Gasteiger partial charge on any atom is 0.371 e. The predicted octanol–water partition coefficient (Wildman–Crippen LogP) is 4.55. The van der Waals surface area contributed by atoms with Crippen LogP contribution in [0.1, 0.15) is 21.2 Å². The fourth-order valence-electron chi connectivity index (χ4n) is 3.00. The molecular weight excluding hydrogens is 412 g/mol. The molecule has 1 aromatic carbocycles. The monoisotopic (exact) mass is 428 g/mol. The number of hydrogen-bond acceptors (Lipinski definition) is 7. The van der Waals surface area contributed by atoms with Crippen LogP contribution in [0.25, 0.3) is 21.3 Å². The first-order valence-corrected chi connectivity index (χ1v) is 10.4. The van der Waals surface area contributed by atoms with Crippen LogP contribution in [0.5, 0.6) is 5.75 Å². The molecule has 0 aliphatic rings. The number of hydrogen-bond donors (Lipinski definition) is 2. The first kappa shape index (κ1) is 19.3. The first-order chi connectivity index (χ1) is 14.0. The smallest absolute Gasteiger partial charge is 0.371 e. The van der Waals surface area contributed by atoms with E-state index in [2.05, 4.69) is 9.97 Å². The van der Waals surface area contributed by atoms with Crippen LogP contribution in [0, 0.1) is 6.92 Å². The second-order valence-corrected chi connectivity index (χ2v) is 8.34. The Bertz CT molecular complexity index is 1270. The fraction of sp³-hybridized carbons (Fsp3) is 0.150. The summed E-state index contributed by atoms with van der Waals surface area (Å²) in [6, 6.07) is 10.6. The average molecular weight is 428 g/mol. The number of benzene rings is 1. The largest absolute Gasteiger partial charge is 0.497 e. The molecule has 0 saturated heterocycles. The van der Waals surface area contributed by atoms with Crippen molar-refractivity contribution in [3.8, 4) is 16.9 Å². The van der Waals surface area contributed by atoms with E-state index < -0.39 is 5.97 Å². The van der Waals surface area contributed by atoms with Crippen LogP contribution >= 0.6 is 23.1 Å². The molecular formula is C20H16N2O5S2. The molecule has 0 unspecified atom stereocenters. The number of methoxy groups -OCH3 is 1. The Hall–Kier alpha value is -3.04. The molecule has 3 aromatic heterocycles. The standard InChI is InChI=1S/C20H16N2O5S2/c1-10-15(11-4-3-5-12(8-11)26-2)16-17(23)21-20(22-18(16)29-10)28-9-13-6-7-14(27-13)19(24)25/h3-8H,9H2,1-2H3,(H,24,25)(H,21,22,23). The lowest BCUT2D eigenvalue weighted by atomic mass is 10.0. The molecule has 0 radical (unpaired) electrons. The van der Waals surface area contributed by atoms with Gasteiger partial charge in [0.2, 0.25) is 5.76 Å². The Morgan fingerprint density at radius 3 is 2.90 bits per heavy atom. The SMILES string of the molecule is COc1cccc(-c2c(C)sc3nc(SCc4ccc(C(=O)O)o4)[nH]c(=O)c23)c1. The third-order valence-electron chi connectivity index (χ3n) is 4.30. The molecule has 29 heavy (non-hydrogen) atoms. The number of carboxylic acids is 1. The number of furan rings is 1. The summed E-state index contributed by atoms with van der Waals surface area (Å²) >= 11 is 2.74. The Morgan fingerprint density at radius 2 is 2.17 bits per heavy atom. The maximum atomic E-state index is 12.8. The minimum Gasteiger partial charge on any atom is -0.497 e. The van der Waals surface area contributed by atoms with Gasteiger partial charge in [0.25, 0.3) is 5.56 Å². The predicted molar refractivity (Wildman–Crippen MR) is 112 cm³/mol. The number of aromatic carboxylic acids is 1. The lowest BCUT2D eigenvalue weighted by molar-refractivity contribution is 0.0661. The van der Waals surface area contributed by atoms with Gasteiger partial charge in [-0.3, -0.25) is 4.79 Å². The summed E-state index contributed by atoms with van der Waals surface area (Å²) in [6.45, 7) is 1.96. The van der Waals surface area contributed by atoms with Gasteiger partial charge in [-0.1, -0.05) is 23.9 Å². The lowest BCUT2D eigenvalue weighted by Gasteiger charge is -2.05. The Morgan fingerprint density at radius 1 is 1.34 bits per heavy atom. The Labute approximate surface area is 173 Å². The van der Waals surface area contributed by atoms with Crippen molar-refractivity contribution in [1.29, 1.82) is 0 Å². The normalized spacial score (nSPS) is 11.1. The van der Waals surface area contributed by atoms with Gasteiger partial charge in [0.1, 0.15) is 16.3 Å². The number of nitrogens with one attached hydrogen (secondary N) is 1. The van der Waals surface area contributed by atoms with E-state index in [1.807, 2.05) is 31.2 Å². The van der Waals surface area contributed by atoms with E-state index in [9.17, 15) is 9.59 Å². The maximum absolute atomic E-state index is 12.8. The van der Waals surface area contributed by atoms with Gasteiger partial charge in [-0.15, -0.1) is 11.3 Å². The number of ether oxygens (including phenoxy) is 1. The number of aromatic nitrogens is 2. The summed E-state index contributed by atoms with van der Waals surface area (Å²) in [5, 5.41) is 9.93. The average Bonchev–Trinajstić information content (AvgIpc) is 3.30. The van der Waals surface area contributed by atoms with Crippen LogP contribution in [-0.2, 0) is 5.75 Å². The second-order valence-electron chi connectivity index (χ2n) is 6.18. The van der Waals surface area contributed by atoms with Crippen LogP contribution in [0.15, 0.2) is 50.8 Å². The van der Waals surface area contributed by atoms with Crippen LogP contribution < -0.4 is 10.3 Å². The van der Waals surface area contributed by atoms with Crippen LogP contribution in [0.3, 0.4) is 0 Å². The molecule has 0 amide bonds. The molecule has 0 saturated carbocycles. The molecule has 2 N–H and O–H groups in total. The number of thiophene rings is 1. The summed E-state index contributed by atoms with van der Waals surface area (Å²) < 4.78 is 10.5. The van der Waals surface area contributed by atoms with Gasteiger partial charge < -0.3 is 19.2 Å². The minimum absolute atomic E-state index is 0.116. The summed E-state index contributed by atoms with van der Waals surface area (Å²) in [7, 11) is 1.61. The number of carboxylic acid groups (broad SMARTS) is 1. The molecule has 148 valence electrons. The van der Waals surface area contributed by atoms with E-state index in [1.54, 1.807) is 13.2 Å². The highest BCUT2D eigenvalue weighted by atomic mass is 32.2. The number of aryl methyl sites for hydroxylation is 1. The van der Waals surface area contributed by atoms with Crippen molar-refractivity contribution in [2.45, 2.75) is 17.8 Å². The minimum atomic E-state index is -1.12. The molecule has 9 heteroatoms. The van der Waals surface area contributed by atoms with E-state index in [4.69, 9.17) is 14.3 Å². The number of nitrogens with zero attached hydrogens (tertiary/aromatic N) is 1. The first-order valence-electron chi connectivity index (χ1n) is 8.59. The zero-order valence-electron chi connectivity index (χ0n) is 15.5. The second kappa shape index (κ2) is 7.76. The molecule has 0 bridgehead atoms. The van der Waals surface area contributed by atoms with Crippen molar-refractivity contribution in [2.24, 2.45) is 0 Å². The van der Waals surface area contributed by atoms with E-state index in [1.165, 1.54) is 29.2 Å². The molecule has 0 fully saturated rings. The van der Waals surface area contributed by atoms with Gasteiger partial charge in [0, 0.05) is 10.4 Å². The zero-order valence-corrected chi connectivity index (χ0v) is 17.1. The topological polar surface area (TPSA) is 105 Å². The number of aromatic amines is 1. The van der Waals surface area contributed by atoms with Crippen molar-refractivity contribution in [1.82, 2.24) is 9.97 Å². The highest BCUT2D eigenvalue weighted by Gasteiger charge is 2.18. The Kier molecular flexibility index (Phi) is 5.16. The van der Waals surface area contributed by atoms with Gasteiger partial charge in [-0.2, -0.15) is 0 Å². The van der Waals surface area contributed by atoms with Crippen molar-refractivity contribution in [2.75, 3.05) is 7.11 Å². The summed E-state index contributed by atoms with van der Waals surface area (Å²) in [4.78, 5) is 32.8. The van der Waals surface area contributed by atoms with Crippen LogP contribution in [0.2, 0.25) is 0 Å². The van der Waals surface area contributed by atoms with Gasteiger partial charge in [0.15, 0.2) is 5.16 Å². The van der Waals surface area contributed by atoms with Crippen LogP contribution in [-0.4, -0.2) is 28.2 Å². The highest BCUT2D eigenvalue weighted by Crippen LogP contribution is 2.37. The van der Waals surface area contributed by atoms with Gasteiger partial charge in [0.05, 0.1) is 18.2 Å². The van der Waals surface area contributed by atoms with Gasteiger partial charge in [-0.25, -0.2) is 9.78 Å². The molecule has 4 aromatic rings. The number of thioether (sulfide) groups is 1. The quantitative estimate of drug-likeness (QED) is 0.343. The summed E-state index contributed by atoms with van der Waals surface area (Å²) in [6.07, 6.45) is 0. The van der Waals surface area contributed by atoms with Gasteiger partial charge >= 0.3 is 5.97 Å². The number of fused-ring (bicyclic) bond motifs is 1. The number of carbonyl (C=O) groups is 1. The molecule has 0 aliphatic carbocycles. The van der Waals surface area contributed by atoms with E-state index >= 15 is 0 Å². The van der Waals surface area contributed by atoms with E-state index in [0.29, 0.717) is 26.9 Å². The third-order valence-corrected chi connectivity index (χ3v) is 6.19.